The highest BCUT2D eigenvalue weighted by molar-refractivity contribution is 7.13. The van der Waals surface area contributed by atoms with E-state index in [9.17, 15) is 10.1 Å². The Labute approximate surface area is 150 Å². The summed E-state index contributed by atoms with van der Waals surface area (Å²) in [5, 5.41) is 17.0. The van der Waals surface area contributed by atoms with Gasteiger partial charge in [0.15, 0.2) is 0 Å². The topological polar surface area (TPSA) is 68.1 Å². The molecule has 25 heavy (non-hydrogen) atoms. The van der Waals surface area contributed by atoms with Crippen LogP contribution < -0.4 is 5.32 Å². The number of aromatic nitrogens is 1. The lowest BCUT2D eigenvalue weighted by Gasteiger charge is -2.05. The lowest BCUT2D eigenvalue weighted by molar-refractivity contribution is -0.384. The summed E-state index contributed by atoms with van der Waals surface area (Å²) in [4.78, 5) is 15.1. The summed E-state index contributed by atoms with van der Waals surface area (Å²) < 4.78 is 0. The third-order valence-corrected chi connectivity index (χ3v) is 4.85. The molecule has 0 atom stereocenters. The minimum Gasteiger partial charge on any atom is -0.379 e. The molecular weight excluding hydrogens is 334 g/mol. The quantitative estimate of drug-likeness (QED) is 0.472. The van der Waals surface area contributed by atoms with Gasteiger partial charge in [0.2, 0.25) is 0 Å². The first-order chi connectivity index (χ1) is 12.0. The Bertz CT molecular complexity index is 872. The summed E-state index contributed by atoms with van der Waals surface area (Å²) in [5.41, 5.74) is 4.13. The van der Waals surface area contributed by atoms with Crippen molar-refractivity contribution in [2.45, 2.75) is 26.3 Å². The minimum absolute atomic E-state index is 0.0780. The van der Waals surface area contributed by atoms with E-state index in [1.165, 1.54) is 17.7 Å². The van der Waals surface area contributed by atoms with Crippen LogP contribution in [0, 0.1) is 10.1 Å². The molecule has 3 aromatic rings. The molecule has 0 unspecified atom stereocenters. The molecule has 0 saturated heterocycles. The summed E-state index contributed by atoms with van der Waals surface area (Å²) in [6, 6.07) is 15.0. The summed E-state index contributed by atoms with van der Waals surface area (Å²) in [6.45, 7) is 4.88. The van der Waals surface area contributed by atoms with Crippen LogP contribution in [0.2, 0.25) is 0 Å². The van der Waals surface area contributed by atoms with Crippen molar-refractivity contribution >= 4 is 22.7 Å². The molecule has 0 radical (unpaired) electrons. The summed E-state index contributed by atoms with van der Waals surface area (Å²) >= 11 is 1.60. The molecule has 6 heteroatoms. The average molecular weight is 353 g/mol. The van der Waals surface area contributed by atoms with Gasteiger partial charge in [-0.1, -0.05) is 44.2 Å². The largest absolute Gasteiger partial charge is 0.379 e. The van der Waals surface area contributed by atoms with Crippen molar-refractivity contribution in [2.75, 3.05) is 5.32 Å². The molecule has 5 nitrogen and oxygen atoms in total. The monoisotopic (exact) mass is 353 g/mol. The molecule has 3 rings (SSSR count). The molecule has 1 N–H and O–H groups in total. The van der Waals surface area contributed by atoms with Gasteiger partial charge in [-0.3, -0.25) is 10.1 Å². The average Bonchev–Trinajstić information content (AvgIpc) is 3.09. The van der Waals surface area contributed by atoms with E-state index in [0.29, 0.717) is 18.2 Å². The number of thiazole rings is 1. The number of non-ortho nitro benzene ring substituents is 1. The van der Waals surface area contributed by atoms with E-state index in [1.54, 1.807) is 17.4 Å². The Hall–Kier alpha value is -2.73. The number of nitro groups is 1. The first kappa shape index (κ1) is 17.1. The highest BCUT2D eigenvalue weighted by Gasteiger charge is 2.08. The first-order valence-corrected chi connectivity index (χ1v) is 8.94. The summed E-state index contributed by atoms with van der Waals surface area (Å²) in [7, 11) is 0. The maximum absolute atomic E-state index is 10.8. The normalized spacial score (nSPS) is 10.8. The van der Waals surface area contributed by atoms with Crippen molar-refractivity contribution < 1.29 is 4.92 Å². The van der Waals surface area contributed by atoms with E-state index < -0.39 is 4.92 Å². The molecule has 0 aliphatic heterocycles. The third-order valence-electron chi connectivity index (χ3n) is 3.91. The number of nitrogens with zero attached hydrogens (tertiary/aromatic N) is 2. The first-order valence-electron chi connectivity index (χ1n) is 8.06. The van der Waals surface area contributed by atoms with Gasteiger partial charge in [-0.25, -0.2) is 4.98 Å². The highest BCUT2D eigenvalue weighted by atomic mass is 32.1. The molecule has 0 aliphatic carbocycles. The van der Waals surface area contributed by atoms with Gasteiger partial charge in [-0.15, -0.1) is 11.3 Å². The van der Waals surface area contributed by atoms with Gasteiger partial charge in [-0.05, 0) is 17.5 Å². The Balaban J connectivity index is 1.67. The summed E-state index contributed by atoms with van der Waals surface area (Å²) in [5.74, 6) is 0.514. The van der Waals surface area contributed by atoms with Gasteiger partial charge in [0.05, 0.1) is 17.2 Å². The molecular formula is C19H19N3O2S. The predicted octanol–water partition coefficient (Wildman–Crippen LogP) is 5.45. The lowest BCUT2D eigenvalue weighted by atomic mass is 10.0. The molecule has 0 spiro atoms. The smallest absolute Gasteiger partial charge is 0.271 e. The number of hydrogen-bond acceptors (Lipinski definition) is 5. The Kier molecular flexibility index (Phi) is 5.09. The van der Waals surface area contributed by atoms with Crippen molar-refractivity contribution in [2.24, 2.45) is 0 Å². The van der Waals surface area contributed by atoms with E-state index in [0.717, 1.165) is 16.3 Å². The van der Waals surface area contributed by atoms with Crippen LogP contribution in [0.15, 0.2) is 53.9 Å². The molecule has 1 heterocycles. The zero-order valence-corrected chi connectivity index (χ0v) is 14.9. The molecule has 0 saturated carbocycles. The Morgan fingerprint density at radius 2 is 1.96 bits per heavy atom. The van der Waals surface area contributed by atoms with Crippen molar-refractivity contribution in [3.63, 3.8) is 0 Å². The second-order valence-electron chi connectivity index (χ2n) is 6.08. The number of anilines is 1. The minimum atomic E-state index is -0.396. The van der Waals surface area contributed by atoms with E-state index in [4.69, 9.17) is 0 Å². The molecule has 0 bridgehead atoms. The van der Waals surface area contributed by atoms with Crippen LogP contribution in [0.1, 0.15) is 31.0 Å². The fourth-order valence-electron chi connectivity index (χ4n) is 2.45. The molecule has 128 valence electrons. The van der Waals surface area contributed by atoms with Crippen molar-refractivity contribution in [3.8, 4) is 10.6 Å². The van der Waals surface area contributed by atoms with Crippen LogP contribution >= 0.6 is 11.3 Å². The third kappa shape index (κ3) is 4.22. The van der Waals surface area contributed by atoms with Gasteiger partial charge in [-0.2, -0.15) is 0 Å². The second-order valence-corrected chi connectivity index (χ2v) is 6.94. The Morgan fingerprint density at radius 3 is 2.64 bits per heavy atom. The molecule has 1 aromatic heterocycles. The standard InChI is InChI=1S/C19H19N3O2S/c1-13(2)14-6-8-15(9-7-14)19-21-17(12-25-19)11-20-16-4-3-5-18(10-16)22(23)24/h3-10,12-13,20H,11H2,1-2H3. The van der Waals surface area contributed by atoms with Crippen LogP contribution in [-0.2, 0) is 6.54 Å². The number of rotatable bonds is 6. The lowest BCUT2D eigenvalue weighted by Crippen LogP contribution is -2.00. The van der Waals surface area contributed by atoms with Gasteiger partial charge in [0.25, 0.3) is 5.69 Å². The fraction of sp³-hybridized carbons (Fsp3) is 0.211. The van der Waals surface area contributed by atoms with E-state index in [1.807, 2.05) is 11.4 Å². The van der Waals surface area contributed by atoms with Crippen molar-refractivity contribution in [1.82, 2.24) is 4.98 Å². The number of nitro benzene ring substituents is 1. The van der Waals surface area contributed by atoms with Gasteiger partial charge < -0.3 is 5.32 Å². The molecule has 0 fully saturated rings. The molecule has 0 aliphatic rings. The zero-order chi connectivity index (χ0) is 17.8. The highest BCUT2D eigenvalue weighted by Crippen LogP contribution is 2.26. The van der Waals surface area contributed by atoms with Gasteiger partial charge in [0.1, 0.15) is 5.01 Å². The maximum Gasteiger partial charge on any atom is 0.271 e. The second kappa shape index (κ2) is 7.44. The zero-order valence-electron chi connectivity index (χ0n) is 14.1. The van der Waals surface area contributed by atoms with Gasteiger partial charge in [0, 0.05) is 28.8 Å². The number of hydrogen-bond donors (Lipinski definition) is 1. The fourth-order valence-corrected chi connectivity index (χ4v) is 3.28. The number of benzene rings is 2. The molecule has 2 aromatic carbocycles. The van der Waals surface area contributed by atoms with Crippen LogP contribution in [0.25, 0.3) is 10.6 Å². The van der Waals surface area contributed by atoms with Crippen LogP contribution in [0.4, 0.5) is 11.4 Å². The van der Waals surface area contributed by atoms with Crippen molar-refractivity contribution in [3.05, 3.63) is 75.3 Å². The van der Waals surface area contributed by atoms with Crippen molar-refractivity contribution in [1.29, 1.82) is 0 Å². The number of nitrogens with one attached hydrogen (secondary N) is 1. The van der Waals surface area contributed by atoms with E-state index in [2.05, 4.69) is 48.4 Å². The Morgan fingerprint density at radius 1 is 1.20 bits per heavy atom. The SMILES string of the molecule is CC(C)c1ccc(-c2nc(CNc3cccc([N+](=O)[O-])c3)cs2)cc1. The predicted molar refractivity (Wildman–Crippen MR) is 102 cm³/mol. The van der Waals surface area contributed by atoms with E-state index >= 15 is 0 Å². The van der Waals surface area contributed by atoms with E-state index in [-0.39, 0.29) is 5.69 Å². The van der Waals surface area contributed by atoms with Crippen LogP contribution in [0.5, 0.6) is 0 Å². The summed E-state index contributed by atoms with van der Waals surface area (Å²) in [6.07, 6.45) is 0. The maximum atomic E-state index is 10.8. The van der Waals surface area contributed by atoms with Crippen LogP contribution in [0.3, 0.4) is 0 Å². The van der Waals surface area contributed by atoms with Crippen LogP contribution in [-0.4, -0.2) is 9.91 Å². The molecule has 0 amide bonds. The van der Waals surface area contributed by atoms with Gasteiger partial charge >= 0.3 is 0 Å².